The molecule has 1 aromatic rings. The zero-order valence-corrected chi connectivity index (χ0v) is 11.8. The van der Waals surface area contributed by atoms with Gasteiger partial charge in [-0.05, 0) is 39.3 Å². The second kappa shape index (κ2) is 4.54. The van der Waals surface area contributed by atoms with Crippen molar-refractivity contribution in [3.05, 3.63) is 23.8 Å². The summed E-state index contributed by atoms with van der Waals surface area (Å²) in [6.45, 7) is 8.07. The smallest absolute Gasteiger partial charge is 0.400 e. The fourth-order valence-electron chi connectivity index (χ4n) is 1.76. The first-order valence-electron chi connectivity index (χ1n) is 6.26. The summed E-state index contributed by atoms with van der Waals surface area (Å²) in [7, 11) is -0.372. The van der Waals surface area contributed by atoms with Crippen LogP contribution in [0.4, 0.5) is 11.5 Å². The van der Waals surface area contributed by atoms with Crippen LogP contribution in [0.3, 0.4) is 0 Å². The van der Waals surface area contributed by atoms with Crippen molar-refractivity contribution in [3.63, 3.8) is 0 Å². The van der Waals surface area contributed by atoms with Crippen molar-refractivity contribution >= 4 is 24.7 Å². The first-order valence-corrected chi connectivity index (χ1v) is 6.26. The molecule has 0 atom stereocenters. The van der Waals surface area contributed by atoms with Crippen molar-refractivity contribution in [2.45, 2.75) is 38.9 Å². The van der Waals surface area contributed by atoms with E-state index in [-0.39, 0.29) is 18.3 Å². The van der Waals surface area contributed by atoms with Crippen LogP contribution in [0, 0.1) is 0 Å². The van der Waals surface area contributed by atoms with Gasteiger partial charge in [-0.3, -0.25) is 0 Å². The SMILES string of the molecule is CC1(C)OB(/C=C/c2cnc(N)c(N)c2)OC1(C)C. The molecule has 0 unspecified atom stereocenters. The monoisotopic (exact) mass is 261 g/mol. The van der Waals surface area contributed by atoms with E-state index in [1.807, 2.05) is 39.7 Å². The van der Waals surface area contributed by atoms with Crippen LogP contribution in [-0.4, -0.2) is 23.3 Å². The van der Waals surface area contributed by atoms with Gasteiger partial charge in [0, 0.05) is 6.20 Å². The van der Waals surface area contributed by atoms with Gasteiger partial charge in [0.1, 0.15) is 5.82 Å². The summed E-state index contributed by atoms with van der Waals surface area (Å²) < 4.78 is 11.7. The van der Waals surface area contributed by atoms with Gasteiger partial charge in [-0.25, -0.2) is 4.98 Å². The van der Waals surface area contributed by atoms with Gasteiger partial charge >= 0.3 is 7.12 Å². The summed E-state index contributed by atoms with van der Waals surface area (Å²) in [6, 6.07) is 1.77. The zero-order chi connectivity index (χ0) is 14.3. The first-order chi connectivity index (χ1) is 8.71. The van der Waals surface area contributed by atoms with Gasteiger partial charge in [0.05, 0.1) is 16.9 Å². The van der Waals surface area contributed by atoms with E-state index in [0.717, 1.165) is 5.56 Å². The van der Waals surface area contributed by atoms with Crippen LogP contribution in [0.2, 0.25) is 0 Å². The molecule has 1 saturated heterocycles. The zero-order valence-electron chi connectivity index (χ0n) is 11.8. The Morgan fingerprint density at radius 2 is 1.74 bits per heavy atom. The molecule has 6 heteroatoms. The fourth-order valence-corrected chi connectivity index (χ4v) is 1.76. The average Bonchev–Trinajstić information content (AvgIpc) is 2.49. The Bertz CT molecular complexity index is 499. The van der Waals surface area contributed by atoms with Crippen LogP contribution in [0.1, 0.15) is 33.3 Å². The Balaban J connectivity index is 2.10. The molecule has 0 saturated carbocycles. The highest BCUT2D eigenvalue weighted by Gasteiger charge is 2.49. The van der Waals surface area contributed by atoms with Gasteiger partial charge < -0.3 is 20.8 Å². The summed E-state index contributed by atoms with van der Waals surface area (Å²) in [5.41, 5.74) is 11.9. The predicted molar refractivity (Wildman–Crippen MR) is 78.2 cm³/mol. The Morgan fingerprint density at radius 3 is 2.26 bits per heavy atom. The van der Waals surface area contributed by atoms with Crippen LogP contribution in [0.5, 0.6) is 0 Å². The molecule has 19 heavy (non-hydrogen) atoms. The Labute approximate surface area is 114 Å². The number of nitrogens with zero attached hydrogens (tertiary/aromatic N) is 1. The maximum Gasteiger partial charge on any atom is 0.487 e. The van der Waals surface area contributed by atoms with Crippen LogP contribution < -0.4 is 11.5 Å². The van der Waals surface area contributed by atoms with Crippen molar-refractivity contribution < 1.29 is 9.31 Å². The Morgan fingerprint density at radius 1 is 1.16 bits per heavy atom. The molecule has 0 bridgehead atoms. The molecule has 1 aromatic heterocycles. The van der Waals surface area contributed by atoms with E-state index in [9.17, 15) is 0 Å². The third-order valence-electron chi connectivity index (χ3n) is 3.69. The van der Waals surface area contributed by atoms with Crippen LogP contribution >= 0.6 is 0 Å². The normalized spacial score (nSPS) is 21.2. The number of anilines is 2. The number of nitrogen functional groups attached to an aromatic ring is 2. The number of hydrogen-bond acceptors (Lipinski definition) is 5. The molecular formula is C13H20BN3O2. The van der Waals surface area contributed by atoms with E-state index in [1.165, 1.54) is 0 Å². The van der Waals surface area contributed by atoms with Crippen molar-refractivity contribution in [3.8, 4) is 0 Å². The molecular weight excluding hydrogens is 241 g/mol. The third kappa shape index (κ3) is 2.74. The average molecular weight is 261 g/mol. The molecule has 0 spiro atoms. The van der Waals surface area contributed by atoms with E-state index in [0.29, 0.717) is 11.5 Å². The van der Waals surface area contributed by atoms with Gasteiger partial charge in [-0.1, -0.05) is 12.1 Å². The largest absolute Gasteiger partial charge is 0.487 e. The highest BCUT2D eigenvalue weighted by molar-refractivity contribution is 6.52. The lowest BCUT2D eigenvalue weighted by atomic mass is 9.89. The highest BCUT2D eigenvalue weighted by Crippen LogP contribution is 2.37. The van der Waals surface area contributed by atoms with E-state index in [4.69, 9.17) is 20.8 Å². The van der Waals surface area contributed by atoms with E-state index in [2.05, 4.69) is 4.98 Å². The van der Waals surface area contributed by atoms with Crippen molar-refractivity contribution in [1.29, 1.82) is 0 Å². The number of hydrogen-bond donors (Lipinski definition) is 2. The lowest BCUT2D eigenvalue weighted by Crippen LogP contribution is -2.41. The Kier molecular flexibility index (Phi) is 3.32. The lowest BCUT2D eigenvalue weighted by molar-refractivity contribution is 0.00578. The molecule has 102 valence electrons. The molecule has 2 heterocycles. The van der Waals surface area contributed by atoms with E-state index >= 15 is 0 Å². The number of rotatable bonds is 2. The summed E-state index contributed by atoms with van der Waals surface area (Å²) in [5, 5.41) is 0. The van der Waals surface area contributed by atoms with E-state index < -0.39 is 0 Å². The molecule has 0 amide bonds. The second-order valence-corrected chi connectivity index (χ2v) is 5.73. The molecule has 5 nitrogen and oxygen atoms in total. The van der Waals surface area contributed by atoms with Gasteiger partial charge in [0.15, 0.2) is 0 Å². The molecule has 1 aliphatic heterocycles. The summed E-state index contributed by atoms with van der Waals surface area (Å²) in [5.74, 6) is 2.19. The molecule has 0 aliphatic carbocycles. The van der Waals surface area contributed by atoms with Crippen molar-refractivity contribution in [1.82, 2.24) is 4.98 Å². The lowest BCUT2D eigenvalue weighted by Gasteiger charge is -2.32. The quantitative estimate of drug-likeness (QED) is 0.794. The van der Waals surface area contributed by atoms with Crippen LogP contribution in [0.25, 0.3) is 6.08 Å². The maximum atomic E-state index is 5.85. The maximum absolute atomic E-state index is 5.85. The summed E-state index contributed by atoms with van der Waals surface area (Å²) in [6.07, 6.45) is 3.53. The molecule has 1 fully saturated rings. The summed E-state index contributed by atoms with van der Waals surface area (Å²) >= 11 is 0. The minimum absolute atomic E-state index is 0.333. The minimum atomic E-state index is -0.372. The second-order valence-electron chi connectivity index (χ2n) is 5.73. The van der Waals surface area contributed by atoms with E-state index in [1.54, 1.807) is 12.3 Å². The molecule has 0 aromatic carbocycles. The molecule has 4 N–H and O–H groups in total. The van der Waals surface area contributed by atoms with Crippen LogP contribution in [0.15, 0.2) is 18.2 Å². The van der Waals surface area contributed by atoms with Crippen molar-refractivity contribution in [2.24, 2.45) is 0 Å². The molecule has 0 radical (unpaired) electrons. The van der Waals surface area contributed by atoms with Crippen LogP contribution in [-0.2, 0) is 9.31 Å². The molecule has 2 rings (SSSR count). The highest BCUT2D eigenvalue weighted by atomic mass is 16.7. The number of pyridine rings is 1. The van der Waals surface area contributed by atoms with Gasteiger partial charge in [0.25, 0.3) is 0 Å². The summed E-state index contributed by atoms with van der Waals surface area (Å²) in [4.78, 5) is 4.00. The van der Waals surface area contributed by atoms with Gasteiger partial charge in [0.2, 0.25) is 0 Å². The number of aromatic nitrogens is 1. The first kappa shape index (κ1) is 13.9. The fraction of sp³-hybridized carbons (Fsp3) is 0.462. The van der Waals surface area contributed by atoms with Crippen molar-refractivity contribution in [2.75, 3.05) is 11.5 Å². The third-order valence-corrected chi connectivity index (χ3v) is 3.69. The molecule has 1 aliphatic rings. The van der Waals surface area contributed by atoms with Gasteiger partial charge in [-0.2, -0.15) is 0 Å². The van der Waals surface area contributed by atoms with Gasteiger partial charge in [-0.15, -0.1) is 0 Å². The predicted octanol–water partition coefficient (Wildman–Crippen LogP) is 1.89. The number of nitrogens with two attached hydrogens (primary N) is 2. The minimum Gasteiger partial charge on any atom is -0.400 e. The topological polar surface area (TPSA) is 83.4 Å². The standard InChI is InChI=1S/C13H20BN3O2/c1-12(2)13(3,4)19-14(18-12)6-5-9-7-10(15)11(16)17-8-9/h5-8H,15H2,1-4H3,(H2,16,17)/b6-5+. The Hall–Kier alpha value is -1.53.